The van der Waals surface area contributed by atoms with Crippen molar-refractivity contribution in [3.63, 3.8) is 0 Å². The summed E-state index contributed by atoms with van der Waals surface area (Å²) in [5.74, 6) is 0. The Morgan fingerprint density at radius 3 is 2.57 bits per heavy atom. The lowest BCUT2D eigenvalue weighted by atomic mass is 10.1. The van der Waals surface area contributed by atoms with Crippen molar-refractivity contribution in [2.75, 3.05) is 0 Å². The topological polar surface area (TPSA) is 32.9 Å². The van der Waals surface area contributed by atoms with E-state index in [-0.39, 0.29) is 5.56 Å². The monoisotopic (exact) mass is 249 g/mol. The SMILES string of the molecule is O=c1cc(-c2ccccc2)c(Br)c[nH]1. The summed E-state index contributed by atoms with van der Waals surface area (Å²) in [7, 11) is 0. The second-order valence-corrected chi connectivity index (χ2v) is 3.78. The number of aromatic nitrogens is 1. The van der Waals surface area contributed by atoms with E-state index >= 15 is 0 Å². The smallest absolute Gasteiger partial charge is 0.248 e. The normalized spacial score (nSPS) is 10.1. The number of pyridine rings is 1. The predicted octanol–water partition coefficient (Wildman–Crippen LogP) is 2.80. The third-order valence-electron chi connectivity index (χ3n) is 1.96. The minimum absolute atomic E-state index is 0.0907. The fourth-order valence-corrected chi connectivity index (χ4v) is 1.75. The number of benzene rings is 1. The molecule has 0 amide bonds. The van der Waals surface area contributed by atoms with Crippen molar-refractivity contribution in [3.8, 4) is 11.1 Å². The molecule has 0 saturated carbocycles. The van der Waals surface area contributed by atoms with Gasteiger partial charge in [0.1, 0.15) is 0 Å². The average molecular weight is 250 g/mol. The van der Waals surface area contributed by atoms with Crippen LogP contribution in [0.1, 0.15) is 0 Å². The van der Waals surface area contributed by atoms with Gasteiger partial charge in [-0.15, -0.1) is 0 Å². The molecule has 2 nitrogen and oxygen atoms in total. The van der Waals surface area contributed by atoms with Crippen LogP contribution in [-0.4, -0.2) is 4.98 Å². The van der Waals surface area contributed by atoms with E-state index in [1.54, 1.807) is 12.3 Å². The first-order chi connectivity index (χ1) is 6.77. The molecule has 0 atom stereocenters. The lowest BCUT2D eigenvalue weighted by Crippen LogP contribution is -2.03. The predicted molar refractivity (Wildman–Crippen MR) is 60.2 cm³/mol. The Balaban J connectivity index is 2.62. The quantitative estimate of drug-likeness (QED) is 0.829. The third-order valence-corrected chi connectivity index (χ3v) is 2.61. The largest absolute Gasteiger partial charge is 0.328 e. The van der Waals surface area contributed by atoms with Gasteiger partial charge in [-0.25, -0.2) is 0 Å². The van der Waals surface area contributed by atoms with Gasteiger partial charge in [-0.05, 0) is 21.5 Å². The Bertz CT molecular complexity index is 490. The van der Waals surface area contributed by atoms with E-state index in [2.05, 4.69) is 20.9 Å². The zero-order chi connectivity index (χ0) is 9.97. The van der Waals surface area contributed by atoms with Crippen LogP contribution in [-0.2, 0) is 0 Å². The van der Waals surface area contributed by atoms with Crippen molar-refractivity contribution in [1.82, 2.24) is 4.98 Å². The van der Waals surface area contributed by atoms with E-state index < -0.39 is 0 Å². The molecule has 0 saturated heterocycles. The van der Waals surface area contributed by atoms with E-state index in [0.717, 1.165) is 15.6 Å². The first kappa shape index (κ1) is 9.21. The number of halogens is 1. The molecule has 1 heterocycles. The molecule has 0 spiro atoms. The highest BCUT2D eigenvalue weighted by atomic mass is 79.9. The highest BCUT2D eigenvalue weighted by Crippen LogP contribution is 2.25. The molecule has 1 aromatic carbocycles. The van der Waals surface area contributed by atoms with Crippen molar-refractivity contribution in [2.24, 2.45) is 0 Å². The van der Waals surface area contributed by atoms with Gasteiger partial charge in [0.05, 0.1) is 0 Å². The summed E-state index contributed by atoms with van der Waals surface area (Å²) in [6.45, 7) is 0. The number of H-pyrrole nitrogens is 1. The van der Waals surface area contributed by atoms with Crippen molar-refractivity contribution >= 4 is 15.9 Å². The Morgan fingerprint density at radius 1 is 1.14 bits per heavy atom. The van der Waals surface area contributed by atoms with Gasteiger partial charge in [0, 0.05) is 22.3 Å². The Hall–Kier alpha value is -1.35. The van der Waals surface area contributed by atoms with Crippen molar-refractivity contribution in [1.29, 1.82) is 0 Å². The molecule has 70 valence electrons. The molecule has 0 fully saturated rings. The fraction of sp³-hybridized carbons (Fsp3) is 0. The van der Waals surface area contributed by atoms with E-state index in [1.165, 1.54) is 0 Å². The van der Waals surface area contributed by atoms with Gasteiger partial charge >= 0.3 is 0 Å². The van der Waals surface area contributed by atoms with Crippen LogP contribution in [0.5, 0.6) is 0 Å². The van der Waals surface area contributed by atoms with Gasteiger partial charge in [-0.2, -0.15) is 0 Å². The van der Waals surface area contributed by atoms with Gasteiger partial charge in [-0.3, -0.25) is 4.79 Å². The lowest BCUT2D eigenvalue weighted by Gasteiger charge is -2.02. The maximum Gasteiger partial charge on any atom is 0.248 e. The Kier molecular flexibility index (Phi) is 2.50. The molecule has 2 aromatic rings. The number of nitrogens with one attached hydrogen (secondary N) is 1. The number of rotatable bonds is 1. The van der Waals surface area contributed by atoms with Gasteiger partial charge in [0.25, 0.3) is 0 Å². The standard InChI is InChI=1S/C11H8BrNO/c12-10-7-13-11(14)6-9(10)8-4-2-1-3-5-8/h1-7H,(H,13,14). The van der Waals surface area contributed by atoms with Crippen LogP contribution in [0.15, 0.2) is 51.9 Å². The molecule has 0 unspecified atom stereocenters. The second-order valence-electron chi connectivity index (χ2n) is 2.92. The summed E-state index contributed by atoms with van der Waals surface area (Å²) in [5, 5.41) is 0. The van der Waals surface area contributed by atoms with Gasteiger partial charge in [0.15, 0.2) is 0 Å². The lowest BCUT2D eigenvalue weighted by molar-refractivity contribution is 1.23. The molecular formula is C11H8BrNO. The molecule has 3 heteroatoms. The average Bonchev–Trinajstić information content (AvgIpc) is 2.23. The van der Waals surface area contributed by atoms with Crippen molar-refractivity contribution in [3.05, 3.63) is 57.4 Å². The van der Waals surface area contributed by atoms with Crippen LogP contribution in [0.4, 0.5) is 0 Å². The summed E-state index contributed by atoms with van der Waals surface area (Å²) < 4.78 is 0.892. The summed E-state index contributed by atoms with van der Waals surface area (Å²) in [6, 6.07) is 11.4. The minimum Gasteiger partial charge on any atom is -0.328 e. The first-order valence-electron chi connectivity index (χ1n) is 4.21. The van der Waals surface area contributed by atoms with Crippen LogP contribution >= 0.6 is 15.9 Å². The molecule has 0 bridgehead atoms. The number of hydrogen-bond donors (Lipinski definition) is 1. The third kappa shape index (κ3) is 1.77. The Labute approximate surface area is 89.7 Å². The van der Waals surface area contributed by atoms with Crippen LogP contribution in [0.25, 0.3) is 11.1 Å². The van der Waals surface area contributed by atoms with E-state index in [4.69, 9.17) is 0 Å². The molecule has 1 aromatic heterocycles. The molecule has 14 heavy (non-hydrogen) atoms. The minimum atomic E-state index is -0.0907. The molecule has 2 rings (SSSR count). The van der Waals surface area contributed by atoms with Crippen LogP contribution in [0.2, 0.25) is 0 Å². The van der Waals surface area contributed by atoms with Crippen LogP contribution in [0, 0.1) is 0 Å². The molecule has 0 aliphatic carbocycles. The van der Waals surface area contributed by atoms with E-state index in [0.29, 0.717) is 0 Å². The number of aromatic amines is 1. The highest BCUT2D eigenvalue weighted by Gasteiger charge is 2.02. The summed E-state index contributed by atoms with van der Waals surface area (Å²) in [6.07, 6.45) is 1.66. The summed E-state index contributed by atoms with van der Waals surface area (Å²) in [4.78, 5) is 13.7. The summed E-state index contributed by atoms with van der Waals surface area (Å²) in [5.41, 5.74) is 1.85. The maximum atomic E-state index is 11.1. The van der Waals surface area contributed by atoms with E-state index in [1.807, 2.05) is 30.3 Å². The number of hydrogen-bond acceptors (Lipinski definition) is 1. The molecular weight excluding hydrogens is 242 g/mol. The Morgan fingerprint density at radius 2 is 1.86 bits per heavy atom. The van der Waals surface area contributed by atoms with Gasteiger partial charge < -0.3 is 4.98 Å². The molecule has 0 aliphatic rings. The highest BCUT2D eigenvalue weighted by molar-refractivity contribution is 9.10. The zero-order valence-corrected chi connectivity index (χ0v) is 8.91. The van der Waals surface area contributed by atoms with Gasteiger partial charge in [0.2, 0.25) is 5.56 Å². The molecule has 1 N–H and O–H groups in total. The van der Waals surface area contributed by atoms with Crippen molar-refractivity contribution < 1.29 is 0 Å². The van der Waals surface area contributed by atoms with Crippen LogP contribution < -0.4 is 5.56 Å². The van der Waals surface area contributed by atoms with Crippen molar-refractivity contribution in [2.45, 2.75) is 0 Å². The van der Waals surface area contributed by atoms with Gasteiger partial charge in [-0.1, -0.05) is 30.3 Å². The van der Waals surface area contributed by atoms with E-state index in [9.17, 15) is 4.79 Å². The first-order valence-corrected chi connectivity index (χ1v) is 5.00. The maximum absolute atomic E-state index is 11.1. The second kappa shape index (κ2) is 3.80. The molecule has 0 radical (unpaired) electrons. The molecule has 0 aliphatic heterocycles. The summed E-state index contributed by atoms with van der Waals surface area (Å²) >= 11 is 3.40. The zero-order valence-electron chi connectivity index (χ0n) is 7.33. The van der Waals surface area contributed by atoms with Crippen LogP contribution in [0.3, 0.4) is 0 Å². The fourth-order valence-electron chi connectivity index (χ4n) is 1.29.